The minimum absolute atomic E-state index is 0.164. The molecule has 2 aliphatic heterocycles. The van der Waals surface area contributed by atoms with Crippen molar-refractivity contribution in [3.05, 3.63) is 29.8 Å². The van der Waals surface area contributed by atoms with E-state index in [4.69, 9.17) is 4.74 Å². The van der Waals surface area contributed by atoms with Crippen molar-refractivity contribution in [2.45, 2.75) is 24.6 Å². The van der Waals surface area contributed by atoms with Gasteiger partial charge in [-0.3, -0.25) is 4.79 Å². The molecule has 1 unspecified atom stereocenters. The summed E-state index contributed by atoms with van der Waals surface area (Å²) >= 11 is 1.73. The average Bonchev–Trinajstić information content (AvgIpc) is 3.18. The number of rotatable bonds is 6. The highest BCUT2D eigenvalue weighted by atomic mass is 32.2. The molecule has 5 heteroatoms. The van der Waals surface area contributed by atoms with E-state index >= 15 is 0 Å². The Morgan fingerprint density at radius 2 is 1.91 bits per heavy atom. The topological polar surface area (TPSA) is 32.8 Å². The third-order valence-corrected chi connectivity index (χ3v) is 5.70. The van der Waals surface area contributed by atoms with Gasteiger partial charge in [0.25, 0.3) is 0 Å². The maximum Gasteiger partial charge on any atom is 0.233 e. The number of thioether (sulfide) groups is 1. The molecule has 2 saturated heterocycles. The van der Waals surface area contributed by atoms with E-state index in [0.717, 1.165) is 25.3 Å². The third-order valence-electron chi connectivity index (χ3n) is 4.44. The number of hydrogen-bond acceptors (Lipinski definition) is 4. The molecule has 1 amide bonds. The molecule has 0 radical (unpaired) electrons. The Kier molecular flexibility index (Phi) is 5.26. The van der Waals surface area contributed by atoms with Gasteiger partial charge in [-0.15, -0.1) is 11.8 Å². The summed E-state index contributed by atoms with van der Waals surface area (Å²) < 4.78 is 5.21. The van der Waals surface area contributed by atoms with Crippen molar-refractivity contribution in [2.75, 3.05) is 39.0 Å². The quantitative estimate of drug-likeness (QED) is 0.807. The second-order valence-corrected chi connectivity index (χ2v) is 6.99. The van der Waals surface area contributed by atoms with Crippen molar-refractivity contribution in [1.29, 1.82) is 0 Å². The molecule has 1 aromatic rings. The maximum atomic E-state index is 12.2. The fraction of sp³-hybridized carbons (Fsp3) is 0.588. The summed E-state index contributed by atoms with van der Waals surface area (Å²) in [6, 6.07) is 8.09. The molecular weight excluding hydrogens is 296 g/mol. The van der Waals surface area contributed by atoms with E-state index in [1.807, 2.05) is 17.0 Å². The van der Waals surface area contributed by atoms with E-state index in [0.29, 0.717) is 5.75 Å². The summed E-state index contributed by atoms with van der Waals surface area (Å²) in [6.07, 6.45) is 3.72. The second-order valence-electron chi connectivity index (χ2n) is 5.93. The van der Waals surface area contributed by atoms with Gasteiger partial charge < -0.3 is 14.5 Å². The third kappa shape index (κ3) is 3.58. The van der Waals surface area contributed by atoms with Gasteiger partial charge in [0.2, 0.25) is 5.91 Å². The van der Waals surface area contributed by atoms with Crippen LogP contribution in [0.1, 0.15) is 30.2 Å². The Morgan fingerprint density at radius 1 is 1.18 bits per heavy atom. The molecule has 0 aliphatic carbocycles. The van der Waals surface area contributed by atoms with Crippen LogP contribution in [0.25, 0.3) is 0 Å². The van der Waals surface area contributed by atoms with Gasteiger partial charge >= 0.3 is 0 Å². The molecule has 2 heterocycles. The molecule has 0 spiro atoms. The van der Waals surface area contributed by atoms with Crippen molar-refractivity contribution in [2.24, 2.45) is 0 Å². The predicted molar refractivity (Wildman–Crippen MR) is 90.2 cm³/mol. The van der Waals surface area contributed by atoms with Crippen LogP contribution in [0, 0.1) is 0 Å². The highest BCUT2D eigenvalue weighted by molar-refractivity contribution is 8.00. The minimum atomic E-state index is 0.164. The molecule has 0 saturated carbocycles. The Labute approximate surface area is 136 Å². The SMILES string of the molecule is COc1ccc(C2SCC(=O)N2CCCN2CCCC2)cc1. The fourth-order valence-corrected chi connectivity index (χ4v) is 4.43. The lowest BCUT2D eigenvalue weighted by Crippen LogP contribution is -2.31. The number of hydrogen-bond donors (Lipinski definition) is 0. The molecule has 2 aliphatic rings. The molecule has 0 aromatic heterocycles. The van der Waals surface area contributed by atoms with E-state index < -0.39 is 0 Å². The summed E-state index contributed by atoms with van der Waals surface area (Å²) in [5.41, 5.74) is 1.19. The van der Waals surface area contributed by atoms with Crippen molar-refractivity contribution < 1.29 is 9.53 Å². The number of methoxy groups -OCH3 is 1. The van der Waals surface area contributed by atoms with Crippen LogP contribution in [0.5, 0.6) is 5.75 Å². The molecule has 22 heavy (non-hydrogen) atoms. The van der Waals surface area contributed by atoms with Crippen LogP contribution in [0.3, 0.4) is 0 Å². The summed E-state index contributed by atoms with van der Waals surface area (Å²) in [5.74, 6) is 1.73. The van der Waals surface area contributed by atoms with Gasteiger partial charge in [0, 0.05) is 6.54 Å². The lowest BCUT2D eigenvalue weighted by molar-refractivity contribution is -0.128. The standard InChI is InChI=1S/C17H24N2O2S/c1-21-15-7-5-14(6-8-15)17-19(16(20)13-22-17)12-4-11-18-9-2-3-10-18/h5-8,17H,2-4,9-13H2,1H3. The van der Waals surface area contributed by atoms with E-state index in [2.05, 4.69) is 17.0 Å². The normalized spacial score (nSPS) is 22.5. The Hall–Kier alpha value is -1.20. The van der Waals surface area contributed by atoms with Gasteiger partial charge in [0.1, 0.15) is 11.1 Å². The molecule has 120 valence electrons. The zero-order valence-electron chi connectivity index (χ0n) is 13.2. The summed E-state index contributed by atoms with van der Waals surface area (Å²) in [7, 11) is 1.67. The maximum absolute atomic E-state index is 12.2. The largest absolute Gasteiger partial charge is 0.497 e. The first-order valence-electron chi connectivity index (χ1n) is 8.05. The molecule has 3 rings (SSSR count). The lowest BCUT2D eigenvalue weighted by atomic mass is 10.2. The molecule has 0 bridgehead atoms. The van der Waals surface area contributed by atoms with Crippen LogP contribution in [0.15, 0.2) is 24.3 Å². The van der Waals surface area contributed by atoms with E-state index in [1.165, 1.54) is 31.5 Å². The van der Waals surface area contributed by atoms with Gasteiger partial charge in [-0.05, 0) is 56.6 Å². The summed E-state index contributed by atoms with van der Waals surface area (Å²) in [6.45, 7) is 4.43. The number of amides is 1. The summed E-state index contributed by atoms with van der Waals surface area (Å²) in [5, 5.41) is 0.164. The molecule has 0 N–H and O–H groups in total. The van der Waals surface area contributed by atoms with Crippen molar-refractivity contribution in [1.82, 2.24) is 9.80 Å². The van der Waals surface area contributed by atoms with Crippen molar-refractivity contribution >= 4 is 17.7 Å². The van der Waals surface area contributed by atoms with Gasteiger partial charge in [-0.2, -0.15) is 0 Å². The van der Waals surface area contributed by atoms with Crippen LogP contribution in [0.2, 0.25) is 0 Å². The second kappa shape index (κ2) is 7.38. The first-order chi connectivity index (χ1) is 10.8. The number of ether oxygens (including phenoxy) is 1. The van der Waals surface area contributed by atoms with Gasteiger partial charge in [0.05, 0.1) is 12.9 Å². The van der Waals surface area contributed by atoms with Crippen LogP contribution in [-0.2, 0) is 4.79 Å². The monoisotopic (exact) mass is 320 g/mol. The smallest absolute Gasteiger partial charge is 0.233 e. The highest BCUT2D eigenvalue weighted by Crippen LogP contribution is 2.39. The molecule has 4 nitrogen and oxygen atoms in total. The zero-order valence-corrected chi connectivity index (χ0v) is 14.0. The van der Waals surface area contributed by atoms with Crippen molar-refractivity contribution in [3.8, 4) is 5.75 Å². The average molecular weight is 320 g/mol. The van der Waals surface area contributed by atoms with Crippen LogP contribution < -0.4 is 4.74 Å². The molecule has 1 atom stereocenters. The Morgan fingerprint density at radius 3 is 2.59 bits per heavy atom. The summed E-state index contributed by atoms with van der Waals surface area (Å²) in [4.78, 5) is 16.7. The lowest BCUT2D eigenvalue weighted by Gasteiger charge is -2.25. The van der Waals surface area contributed by atoms with Crippen LogP contribution in [0.4, 0.5) is 0 Å². The van der Waals surface area contributed by atoms with E-state index in [9.17, 15) is 4.79 Å². The van der Waals surface area contributed by atoms with Crippen LogP contribution in [-0.4, -0.2) is 54.7 Å². The van der Waals surface area contributed by atoms with Gasteiger partial charge in [0.15, 0.2) is 0 Å². The fourth-order valence-electron chi connectivity index (χ4n) is 3.21. The number of nitrogens with zero attached hydrogens (tertiary/aromatic N) is 2. The van der Waals surface area contributed by atoms with E-state index in [-0.39, 0.29) is 11.3 Å². The Balaban J connectivity index is 1.58. The van der Waals surface area contributed by atoms with Gasteiger partial charge in [-0.25, -0.2) is 0 Å². The minimum Gasteiger partial charge on any atom is -0.497 e. The predicted octanol–water partition coefficient (Wildman–Crippen LogP) is 2.76. The first-order valence-corrected chi connectivity index (χ1v) is 9.10. The zero-order chi connectivity index (χ0) is 15.4. The number of carbonyl (C=O) groups is 1. The number of benzene rings is 1. The van der Waals surface area contributed by atoms with Gasteiger partial charge in [-0.1, -0.05) is 12.1 Å². The molecular formula is C17H24N2O2S. The Bertz CT molecular complexity index is 500. The number of carbonyl (C=O) groups excluding carboxylic acids is 1. The first kappa shape index (κ1) is 15.7. The molecule has 2 fully saturated rings. The number of likely N-dealkylation sites (tertiary alicyclic amines) is 1. The van der Waals surface area contributed by atoms with E-state index in [1.54, 1.807) is 18.9 Å². The van der Waals surface area contributed by atoms with Crippen molar-refractivity contribution in [3.63, 3.8) is 0 Å². The molecule has 1 aromatic carbocycles. The highest BCUT2D eigenvalue weighted by Gasteiger charge is 2.32. The van der Waals surface area contributed by atoms with Crippen LogP contribution >= 0.6 is 11.8 Å².